The van der Waals surface area contributed by atoms with Crippen LogP contribution >= 0.6 is 11.8 Å². The fraction of sp³-hybridized carbons (Fsp3) is 0.0526. The minimum Gasteiger partial charge on any atom is -0.348 e. The molecule has 0 unspecified atom stereocenters. The highest BCUT2D eigenvalue weighted by Crippen LogP contribution is 2.25. The zero-order chi connectivity index (χ0) is 16.8. The third-order valence-electron chi connectivity index (χ3n) is 3.32. The lowest BCUT2D eigenvalue weighted by molar-refractivity contribution is 0.0951. The van der Waals surface area contributed by atoms with E-state index >= 15 is 0 Å². The van der Waals surface area contributed by atoms with Gasteiger partial charge in [-0.3, -0.25) is 4.79 Å². The first kappa shape index (κ1) is 16.2. The molecule has 0 saturated heterocycles. The Kier molecular flexibility index (Phi) is 5.23. The number of hydrogen-bond acceptors (Lipinski definition) is 3. The minimum absolute atomic E-state index is 0.186. The monoisotopic (exact) mass is 338 g/mol. The van der Waals surface area contributed by atoms with Gasteiger partial charge >= 0.3 is 0 Å². The molecule has 1 amide bonds. The summed E-state index contributed by atoms with van der Waals surface area (Å²) >= 11 is 1.54. The van der Waals surface area contributed by atoms with Gasteiger partial charge in [-0.2, -0.15) is 0 Å². The van der Waals surface area contributed by atoms with Crippen LogP contribution in [0, 0.1) is 5.82 Å². The van der Waals surface area contributed by atoms with E-state index in [1.54, 1.807) is 30.5 Å². The molecular weight excluding hydrogens is 323 g/mol. The number of nitrogens with zero attached hydrogens (tertiary/aromatic N) is 1. The van der Waals surface area contributed by atoms with E-state index in [1.807, 2.05) is 30.3 Å². The van der Waals surface area contributed by atoms with Crippen molar-refractivity contribution in [2.24, 2.45) is 0 Å². The summed E-state index contributed by atoms with van der Waals surface area (Å²) in [5, 5.41) is 3.69. The number of nitrogens with one attached hydrogen (secondary N) is 1. The molecule has 0 aliphatic rings. The molecular formula is C19H15FN2OS. The summed E-state index contributed by atoms with van der Waals surface area (Å²) in [7, 11) is 0. The number of aromatic nitrogens is 1. The van der Waals surface area contributed by atoms with Crippen LogP contribution in [-0.2, 0) is 6.54 Å². The fourth-order valence-corrected chi connectivity index (χ4v) is 2.91. The summed E-state index contributed by atoms with van der Waals surface area (Å²) in [5.74, 6) is -0.494. The van der Waals surface area contributed by atoms with Gasteiger partial charge in [0.05, 0.1) is 0 Å². The Morgan fingerprint density at radius 2 is 1.88 bits per heavy atom. The van der Waals surface area contributed by atoms with E-state index in [9.17, 15) is 9.18 Å². The van der Waals surface area contributed by atoms with Gasteiger partial charge in [0.2, 0.25) is 0 Å². The van der Waals surface area contributed by atoms with Crippen molar-refractivity contribution in [3.63, 3.8) is 0 Å². The van der Waals surface area contributed by atoms with Gasteiger partial charge in [-0.05, 0) is 54.1 Å². The molecule has 0 radical (unpaired) electrons. The molecule has 5 heteroatoms. The molecule has 3 nitrogen and oxygen atoms in total. The van der Waals surface area contributed by atoms with Gasteiger partial charge < -0.3 is 5.32 Å². The number of carbonyl (C=O) groups excluding carboxylic acids is 1. The van der Waals surface area contributed by atoms with Gasteiger partial charge in [0.15, 0.2) is 0 Å². The maximum Gasteiger partial charge on any atom is 0.251 e. The first-order chi connectivity index (χ1) is 11.7. The van der Waals surface area contributed by atoms with E-state index in [1.165, 1.54) is 23.9 Å². The first-order valence-electron chi connectivity index (χ1n) is 7.42. The molecule has 0 atom stereocenters. The highest BCUT2D eigenvalue weighted by molar-refractivity contribution is 7.99. The number of hydrogen-bond donors (Lipinski definition) is 1. The molecule has 24 heavy (non-hydrogen) atoms. The van der Waals surface area contributed by atoms with Crippen LogP contribution in [0.3, 0.4) is 0 Å². The molecule has 0 aliphatic carbocycles. The number of amides is 1. The summed E-state index contributed by atoms with van der Waals surface area (Å²) in [5.41, 5.74) is 1.29. The van der Waals surface area contributed by atoms with Crippen LogP contribution in [0.1, 0.15) is 15.9 Å². The Balaban J connectivity index is 1.59. The predicted molar refractivity (Wildman–Crippen MR) is 92.4 cm³/mol. The zero-order valence-electron chi connectivity index (χ0n) is 12.8. The normalized spacial score (nSPS) is 10.4. The highest BCUT2D eigenvalue weighted by atomic mass is 32.2. The summed E-state index contributed by atoms with van der Waals surface area (Å²) in [6, 6.07) is 19.2. The smallest absolute Gasteiger partial charge is 0.251 e. The average molecular weight is 338 g/mol. The van der Waals surface area contributed by atoms with Gasteiger partial charge in [0.25, 0.3) is 5.91 Å². The summed E-state index contributed by atoms with van der Waals surface area (Å²) in [6.45, 7) is 0.293. The van der Waals surface area contributed by atoms with Crippen molar-refractivity contribution in [1.29, 1.82) is 0 Å². The van der Waals surface area contributed by atoms with Crippen LogP contribution in [0.4, 0.5) is 4.39 Å². The molecule has 2 aromatic carbocycles. The maximum absolute atomic E-state index is 13.1. The van der Waals surface area contributed by atoms with E-state index < -0.39 is 0 Å². The zero-order valence-corrected chi connectivity index (χ0v) is 13.6. The summed E-state index contributed by atoms with van der Waals surface area (Å²) in [4.78, 5) is 17.4. The quantitative estimate of drug-likeness (QED) is 0.754. The highest BCUT2D eigenvalue weighted by Gasteiger charge is 2.06. The maximum atomic E-state index is 13.1. The molecule has 3 rings (SSSR count). The van der Waals surface area contributed by atoms with Crippen LogP contribution in [-0.4, -0.2) is 10.9 Å². The lowest BCUT2D eigenvalue weighted by Crippen LogP contribution is -2.22. The van der Waals surface area contributed by atoms with Crippen molar-refractivity contribution < 1.29 is 9.18 Å². The third kappa shape index (κ3) is 4.43. The number of carbonyl (C=O) groups is 1. The van der Waals surface area contributed by atoms with Crippen molar-refractivity contribution in [2.45, 2.75) is 16.5 Å². The minimum atomic E-state index is -0.308. The SMILES string of the molecule is O=C(NCc1cccc(F)c1)c1ccc(Sc2ccccn2)cc1. The molecule has 1 heterocycles. The number of pyridine rings is 1. The van der Waals surface area contributed by atoms with Gasteiger partial charge in [-0.1, -0.05) is 30.0 Å². The molecule has 0 bridgehead atoms. The van der Waals surface area contributed by atoms with Gasteiger partial charge in [-0.15, -0.1) is 0 Å². The predicted octanol–water partition coefficient (Wildman–Crippen LogP) is 4.30. The summed E-state index contributed by atoms with van der Waals surface area (Å²) in [6.07, 6.45) is 1.75. The number of rotatable bonds is 5. The Bertz CT molecular complexity index is 822. The largest absolute Gasteiger partial charge is 0.348 e. The van der Waals surface area contributed by atoms with E-state index in [0.29, 0.717) is 12.1 Å². The first-order valence-corrected chi connectivity index (χ1v) is 8.24. The third-order valence-corrected chi connectivity index (χ3v) is 4.28. The molecule has 0 saturated carbocycles. The Hall–Kier alpha value is -2.66. The van der Waals surface area contributed by atoms with Crippen molar-refractivity contribution in [2.75, 3.05) is 0 Å². The molecule has 1 aromatic heterocycles. The van der Waals surface area contributed by atoms with Crippen molar-refractivity contribution in [1.82, 2.24) is 10.3 Å². The number of halogens is 1. The van der Waals surface area contributed by atoms with Crippen molar-refractivity contribution >= 4 is 17.7 Å². The molecule has 3 aromatic rings. The Labute approximate surface area is 143 Å². The van der Waals surface area contributed by atoms with Crippen LogP contribution in [0.25, 0.3) is 0 Å². The van der Waals surface area contributed by atoms with Crippen molar-refractivity contribution in [3.05, 3.63) is 89.9 Å². The number of benzene rings is 2. The van der Waals surface area contributed by atoms with Crippen LogP contribution in [0.5, 0.6) is 0 Å². The van der Waals surface area contributed by atoms with Gasteiger partial charge in [-0.25, -0.2) is 9.37 Å². The van der Waals surface area contributed by atoms with E-state index in [4.69, 9.17) is 0 Å². The van der Waals surface area contributed by atoms with Crippen LogP contribution < -0.4 is 5.32 Å². The Morgan fingerprint density at radius 3 is 2.58 bits per heavy atom. The molecule has 1 N–H and O–H groups in total. The molecule has 0 aliphatic heterocycles. The lowest BCUT2D eigenvalue weighted by atomic mass is 10.2. The van der Waals surface area contributed by atoms with Crippen molar-refractivity contribution in [3.8, 4) is 0 Å². The fourth-order valence-electron chi connectivity index (χ4n) is 2.13. The van der Waals surface area contributed by atoms with Crippen LogP contribution in [0.15, 0.2) is 82.8 Å². The van der Waals surface area contributed by atoms with Gasteiger partial charge in [0, 0.05) is 23.2 Å². The van der Waals surface area contributed by atoms with Gasteiger partial charge in [0.1, 0.15) is 10.8 Å². The second-order valence-electron chi connectivity index (χ2n) is 5.11. The molecule has 0 spiro atoms. The standard InChI is InChI=1S/C19H15FN2OS/c20-16-5-3-4-14(12-16)13-22-19(23)15-7-9-17(10-8-15)24-18-6-1-2-11-21-18/h1-12H,13H2,(H,22,23). The summed E-state index contributed by atoms with van der Waals surface area (Å²) < 4.78 is 13.1. The van der Waals surface area contributed by atoms with E-state index in [0.717, 1.165) is 15.5 Å². The van der Waals surface area contributed by atoms with E-state index in [-0.39, 0.29) is 11.7 Å². The Morgan fingerprint density at radius 1 is 1.04 bits per heavy atom. The second-order valence-corrected chi connectivity index (χ2v) is 6.20. The molecule has 0 fully saturated rings. The lowest BCUT2D eigenvalue weighted by Gasteiger charge is -2.06. The van der Waals surface area contributed by atoms with E-state index in [2.05, 4.69) is 10.3 Å². The average Bonchev–Trinajstić information content (AvgIpc) is 2.61. The molecule has 120 valence electrons. The second kappa shape index (κ2) is 7.75. The topological polar surface area (TPSA) is 42.0 Å². The van der Waals surface area contributed by atoms with Crippen LogP contribution in [0.2, 0.25) is 0 Å².